The van der Waals surface area contributed by atoms with Gasteiger partial charge in [0.25, 0.3) is 0 Å². The van der Waals surface area contributed by atoms with Crippen molar-refractivity contribution in [1.82, 2.24) is 15.0 Å². The molecule has 12 rings (SSSR count). The molecule has 0 saturated heterocycles. The molecule has 4 heterocycles. The number of para-hydroxylation sites is 1. The molecule has 12 aromatic rings. The average molecular weight is 722 g/mol. The van der Waals surface area contributed by atoms with Gasteiger partial charge in [-0.3, -0.25) is 0 Å². The fourth-order valence-corrected chi connectivity index (χ4v) is 9.29. The Morgan fingerprint density at radius 1 is 0.345 bits per heavy atom. The van der Waals surface area contributed by atoms with E-state index in [-0.39, 0.29) is 0 Å². The van der Waals surface area contributed by atoms with Gasteiger partial charge in [0.1, 0.15) is 22.3 Å². The van der Waals surface area contributed by atoms with Gasteiger partial charge >= 0.3 is 0 Å². The predicted octanol–water partition coefficient (Wildman–Crippen LogP) is 13.9. The number of aromatic nitrogens is 3. The highest BCUT2D eigenvalue weighted by atomic mass is 32.1. The molecule has 4 aromatic heterocycles. The highest BCUT2D eigenvalue weighted by Gasteiger charge is 2.20. The van der Waals surface area contributed by atoms with Crippen molar-refractivity contribution < 1.29 is 8.83 Å². The molecule has 8 aromatic carbocycles. The summed E-state index contributed by atoms with van der Waals surface area (Å²) < 4.78 is 15.2. The van der Waals surface area contributed by atoms with E-state index in [1.807, 2.05) is 30.3 Å². The molecule has 55 heavy (non-hydrogen) atoms. The smallest absolute Gasteiger partial charge is 0.164 e. The summed E-state index contributed by atoms with van der Waals surface area (Å²) in [4.78, 5) is 15.6. The van der Waals surface area contributed by atoms with Gasteiger partial charge in [-0.25, -0.2) is 15.0 Å². The number of thiophene rings is 1. The first-order valence-corrected chi connectivity index (χ1v) is 19.1. The van der Waals surface area contributed by atoms with Gasteiger partial charge in [-0.1, -0.05) is 115 Å². The quantitative estimate of drug-likeness (QED) is 0.181. The Balaban J connectivity index is 1.09. The van der Waals surface area contributed by atoms with Crippen LogP contribution in [0.2, 0.25) is 0 Å². The van der Waals surface area contributed by atoms with E-state index in [1.54, 1.807) is 11.3 Å². The van der Waals surface area contributed by atoms with Gasteiger partial charge in [0.15, 0.2) is 17.5 Å². The summed E-state index contributed by atoms with van der Waals surface area (Å²) in [7, 11) is 0. The summed E-state index contributed by atoms with van der Waals surface area (Å²) in [6.45, 7) is 0. The minimum atomic E-state index is 0.589. The summed E-state index contributed by atoms with van der Waals surface area (Å²) in [5, 5.41) is 8.95. The Morgan fingerprint density at radius 2 is 0.945 bits per heavy atom. The first-order valence-electron chi connectivity index (χ1n) is 18.3. The van der Waals surface area contributed by atoms with Crippen LogP contribution in [0.5, 0.6) is 0 Å². The first kappa shape index (κ1) is 30.3. The molecule has 0 atom stereocenters. The van der Waals surface area contributed by atoms with Crippen LogP contribution in [0.1, 0.15) is 0 Å². The van der Waals surface area contributed by atoms with Crippen molar-refractivity contribution in [3.63, 3.8) is 0 Å². The molecule has 0 radical (unpaired) electrons. The van der Waals surface area contributed by atoms with Crippen molar-refractivity contribution in [2.75, 3.05) is 0 Å². The van der Waals surface area contributed by atoms with Crippen LogP contribution in [0.4, 0.5) is 0 Å². The standard InChI is InChI=1S/C49H27N3O2S/c1-2-10-29-25-31(20-19-28(29)9-1)47-50-48(32-21-23-35-34-11-4-6-18-43(34)55-44(35)27-32)52-49(51-47)37-14-8-17-42-46(37)38-26-30(22-24-40(38)54-42)33-13-7-16-41-45(33)36-12-3-5-15-39(36)53-41/h1-27H. The monoisotopic (exact) mass is 721 g/mol. The van der Waals surface area contributed by atoms with Crippen molar-refractivity contribution in [3.8, 4) is 45.3 Å². The Morgan fingerprint density at radius 3 is 1.80 bits per heavy atom. The van der Waals surface area contributed by atoms with E-state index in [1.165, 1.54) is 25.6 Å². The number of furan rings is 2. The Labute approximate surface area is 317 Å². The van der Waals surface area contributed by atoms with Gasteiger partial charge in [0.2, 0.25) is 0 Å². The van der Waals surface area contributed by atoms with Crippen molar-refractivity contribution >= 4 is 86.2 Å². The molecule has 256 valence electrons. The minimum absolute atomic E-state index is 0.589. The Bertz CT molecular complexity index is 3520. The molecule has 0 fully saturated rings. The van der Waals surface area contributed by atoms with Crippen LogP contribution >= 0.6 is 11.3 Å². The van der Waals surface area contributed by atoms with E-state index >= 15 is 0 Å². The average Bonchev–Trinajstić information content (AvgIpc) is 3.94. The number of nitrogens with zero attached hydrogens (tertiary/aromatic N) is 3. The second-order valence-electron chi connectivity index (χ2n) is 13.9. The lowest BCUT2D eigenvalue weighted by atomic mass is 9.97. The summed E-state index contributed by atoms with van der Waals surface area (Å²) >= 11 is 1.79. The maximum Gasteiger partial charge on any atom is 0.164 e. The van der Waals surface area contributed by atoms with Crippen LogP contribution in [-0.2, 0) is 0 Å². The molecule has 0 aliphatic rings. The lowest BCUT2D eigenvalue weighted by Crippen LogP contribution is -2.00. The number of hydrogen-bond acceptors (Lipinski definition) is 6. The second-order valence-corrected chi connectivity index (χ2v) is 15.0. The zero-order valence-electron chi connectivity index (χ0n) is 29.2. The molecule has 0 amide bonds. The van der Waals surface area contributed by atoms with Gasteiger partial charge in [-0.2, -0.15) is 0 Å². The van der Waals surface area contributed by atoms with E-state index in [0.717, 1.165) is 77.1 Å². The van der Waals surface area contributed by atoms with Gasteiger partial charge in [-0.15, -0.1) is 11.3 Å². The zero-order valence-corrected chi connectivity index (χ0v) is 30.0. The number of hydrogen-bond donors (Lipinski definition) is 0. The van der Waals surface area contributed by atoms with Crippen LogP contribution in [0.3, 0.4) is 0 Å². The molecule has 0 N–H and O–H groups in total. The van der Waals surface area contributed by atoms with Crippen LogP contribution < -0.4 is 0 Å². The summed E-state index contributed by atoms with van der Waals surface area (Å²) in [6, 6.07) is 56.9. The van der Waals surface area contributed by atoms with Crippen LogP contribution in [-0.4, -0.2) is 15.0 Å². The minimum Gasteiger partial charge on any atom is -0.456 e. The zero-order chi connectivity index (χ0) is 36.0. The normalized spacial score (nSPS) is 12.0. The molecule has 0 aliphatic carbocycles. The number of rotatable bonds is 4. The summed E-state index contributed by atoms with van der Waals surface area (Å²) in [5.41, 5.74) is 8.25. The maximum absolute atomic E-state index is 6.51. The van der Waals surface area contributed by atoms with E-state index in [4.69, 9.17) is 23.8 Å². The Kier molecular flexibility index (Phi) is 6.44. The predicted molar refractivity (Wildman–Crippen MR) is 227 cm³/mol. The fraction of sp³-hybridized carbons (Fsp3) is 0. The molecule has 0 spiro atoms. The fourth-order valence-electron chi connectivity index (χ4n) is 8.14. The number of benzene rings is 8. The SMILES string of the molecule is c1ccc2cc(-c3nc(-c4ccc5c(c4)sc4ccccc45)nc(-c4cccc5oc6ccc(-c7cccc8oc9ccccc9c78)cc6c45)n3)ccc2c1. The third kappa shape index (κ3) is 4.75. The van der Waals surface area contributed by atoms with Crippen LogP contribution in [0.15, 0.2) is 173 Å². The molecule has 0 saturated carbocycles. The van der Waals surface area contributed by atoms with Crippen molar-refractivity contribution in [2.45, 2.75) is 0 Å². The molecule has 6 heteroatoms. The van der Waals surface area contributed by atoms with Crippen LogP contribution in [0, 0.1) is 0 Å². The van der Waals surface area contributed by atoms with Gasteiger partial charge in [-0.05, 0) is 70.4 Å². The van der Waals surface area contributed by atoms with E-state index < -0.39 is 0 Å². The second kappa shape index (κ2) is 11.7. The van der Waals surface area contributed by atoms with Gasteiger partial charge < -0.3 is 8.83 Å². The third-order valence-electron chi connectivity index (χ3n) is 10.7. The summed E-state index contributed by atoms with van der Waals surface area (Å²) in [6.07, 6.45) is 0. The third-order valence-corrected chi connectivity index (χ3v) is 11.9. The molecule has 0 aliphatic heterocycles. The largest absolute Gasteiger partial charge is 0.456 e. The van der Waals surface area contributed by atoms with Crippen molar-refractivity contribution in [1.29, 1.82) is 0 Å². The Hall–Kier alpha value is -7.15. The van der Waals surface area contributed by atoms with Crippen molar-refractivity contribution in [2.24, 2.45) is 0 Å². The molecule has 0 unspecified atom stereocenters. The lowest BCUT2D eigenvalue weighted by Gasteiger charge is -2.10. The molecule has 5 nitrogen and oxygen atoms in total. The first-order chi connectivity index (χ1) is 27.2. The van der Waals surface area contributed by atoms with E-state index in [2.05, 4.69) is 133 Å². The maximum atomic E-state index is 6.51. The van der Waals surface area contributed by atoms with Crippen LogP contribution in [0.25, 0.3) is 120 Å². The summed E-state index contributed by atoms with van der Waals surface area (Å²) in [5.74, 6) is 1.83. The lowest BCUT2D eigenvalue weighted by molar-refractivity contribution is 0.669. The van der Waals surface area contributed by atoms with Gasteiger partial charge in [0, 0.05) is 58.4 Å². The highest BCUT2D eigenvalue weighted by Crippen LogP contribution is 2.42. The van der Waals surface area contributed by atoms with E-state index in [0.29, 0.717) is 17.5 Å². The molecular weight excluding hydrogens is 695 g/mol. The van der Waals surface area contributed by atoms with Crippen molar-refractivity contribution in [3.05, 3.63) is 164 Å². The van der Waals surface area contributed by atoms with E-state index in [9.17, 15) is 0 Å². The topological polar surface area (TPSA) is 65.0 Å². The molecular formula is C49H27N3O2S. The number of fused-ring (bicyclic) bond motifs is 10. The highest BCUT2D eigenvalue weighted by molar-refractivity contribution is 7.25. The molecule has 0 bridgehead atoms. The van der Waals surface area contributed by atoms with Gasteiger partial charge in [0.05, 0.1) is 0 Å².